The molecule has 4 aromatic rings. The van der Waals surface area contributed by atoms with Gasteiger partial charge in [0.05, 0.1) is 18.0 Å². The summed E-state index contributed by atoms with van der Waals surface area (Å²) < 4.78 is 2.14. The van der Waals surface area contributed by atoms with Crippen molar-refractivity contribution in [2.45, 2.75) is 13.0 Å². The van der Waals surface area contributed by atoms with Crippen molar-refractivity contribution < 1.29 is 0 Å². The van der Waals surface area contributed by atoms with Gasteiger partial charge in [0, 0.05) is 40.5 Å². The van der Waals surface area contributed by atoms with Crippen molar-refractivity contribution in [2.24, 2.45) is 0 Å². The third-order valence-corrected chi connectivity index (χ3v) is 5.38. The predicted molar refractivity (Wildman–Crippen MR) is 124 cm³/mol. The van der Waals surface area contributed by atoms with Crippen LogP contribution in [0.1, 0.15) is 22.4 Å². The number of hydrogen-bond donors (Lipinski definition) is 0. The van der Waals surface area contributed by atoms with E-state index in [1.165, 1.54) is 5.56 Å². The maximum atomic E-state index is 8.94. The topological polar surface area (TPSA) is 41.6 Å². The van der Waals surface area contributed by atoms with Crippen LogP contribution in [0.2, 0.25) is 10.0 Å². The first-order valence-electron chi connectivity index (χ1n) is 9.15. The number of aromatic nitrogens is 2. The summed E-state index contributed by atoms with van der Waals surface area (Å²) in [5.74, 6) is 0. The van der Waals surface area contributed by atoms with E-state index < -0.39 is 0 Å². The second-order valence-corrected chi connectivity index (χ2v) is 7.66. The molecule has 0 amide bonds. The molecule has 6 heteroatoms. The van der Waals surface area contributed by atoms with Gasteiger partial charge in [0.2, 0.25) is 0 Å². The summed E-state index contributed by atoms with van der Waals surface area (Å²) >= 11 is 12.4. The molecule has 0 aliphatic rings. The van der Waals surface area contributed by atoms with Crippen LogP contribution >= 0.6 is 35.6 Å². The summed E-state index contributed by atoms with van der Waals surface area (Å²) in [6.45, 7) is 0.731. The molecular weight excluding hydrogens is 437 g/mol. The Balaban J connectivity index is 0.00000256. The first kappa shape index (κ1) is 21.9. The average molecular weight is 455 g/mol. The number of imidazole rings is 1. The molecule has 0 bridgehead atoms. The van der Waals surface area contributed by atoms with E-state index in [2.05, 4.69) is 39.9 Å². The molecule has 150 valence electrons. The van der Waals surface area contributed by atoms with Gasteiger partial charge in [0.1, 0.15) is 0 Å². The van der Waals surface area contributed by atoms with E-state index in [9.17, 15) is 0 Å². The highest BCUT2D eigenvalue weighted by atomic mass is 35.5. The smallest absolute Gasteiger partial charge is 0.0991 e. The van der Waals surface area contributed by atoms with Crippen LogP contribution in [0.15, 0.2) is 79.3 Å². The monoisotopic (exact) mass is 453 g/mol. The van der Waals surface area contributed by atoms with Crippen molar-refractivity contribution in [3.05, 3.63) is 112 Å². The third kappa shape index (κ3) is 5.04. The van der Waals surface area contributed by atoms with Crippen LogP contribution in [0.3, 0.4) is 0 Å². The van der Waals surface area contributed by atoms with Crippen molar-refractivity contribution in [3.8, 4) is 17.2 Å². The van der Waals surface area contributed by atoms with Crippen LogP contribution in [0.4, 0.5) is 0 Å². The lowest BCUT2D eigenvalue weighted by molar-refractivity contribution is 0.753. The van der Waals surface area contributed by atoms with Crippen LogP contribution in [0, 0.1) is 11.3 Å². The first-order valence-corrected chi connectivity index (χ1v) is 9.90. The normalized spacial score (nSPS) is 10.3. The zero-order valence-electron chi connectivity index (χ0n) is 15.9. The molecule has 0 atom stereocenters. The number of benzene rings is 3. The molecule has 0 radical (unpaired) electrons. The Morgan fingerprint density at radius 1 is 0.900 bits per heavy atom. The van der Waals surface area contributed by atoms with E-state index in [1.54, 1.807) is 6.07 Å². The van der Waals surface area contributed by atoms with Crippen molar-refractivity contribution in [1.29, 1.82) is 5.26 Å². The largest absolute Gasteiger partial charge is 0.330 e. The van der Waals surface area contributed by atoms with Gasteiger partial charge in [-0.15, -0.1) is 12.4 Å². The van der Waals surface area contributed by atoms with Crippen LogP contribution < -0.4 is 0 Å². The van der Waals surface area contributed by atoms with Gasteiger partial charge in [0.15, 0.2) is 0 Å². The molecule has 0 aliphatic heterocycles. The molecule has 30 heavy (non-hydrogen) atoms. The second-order valence-electron chi connectivity index (χ2n) is 6.82. The quantitative estimate of drug-likeness (QED) is 0.333. The molecule has 0 N–H and O–H groups in total. The molecule has 0 unspecified atom stereocenters. The molecule has 0 saturated carbocycles. The summed E-state index contributed by atoms with van der Waals surface area (Å²) in [5, 5.41) is 10.3. The maximum Gasteiger partial charge on any atom is 0.0991 e. The van der Waals surface area contributed by atoms with Gasteiger partial charge in [-0.3, -0.25) is 0 Å². The second kappa shape index (κ2) is 9.82. The van der Waals surface area contributed by atoms with Crippen LogP contribution in [0.25, 0.3) is 11.1 Å². The van der Waals surface area contributed by atoms with E-state index >= 15 is 0 Å². The number of hydrogen-bond acceptors (Lipinski definition) is 2. The summed E-state index contributed by atoms with van der Waals surface area (Å²) in [6.07, 6.45) is 4.50. The molecule has 1 aromatic heterocycles. The van der Waals surface area contributed by atoms with Gasteiger partial charge in [-0.1, -0.05) is 59.6 Å². The standard InChI is InChI=1S/C24H17Cl2N3.ClH/c25-21-9-10-24(26)23(12-21)20-7-5-19(6-8-20)15-29-16-28-14-22(29)11-17-1-3-18(13-27)4-2-17;/h1-10,12,14,16H,11,15H2;1H. The lowest BCUT2D eigenvalue weighted by Gasteiger charge is -2.10. The van der Waals surface area contributed by atoms with E-state index in [4.69, 9.17) is 28.5 Å². The van der Waals surface area contributed by atoms with E-state index in [0.29, 0.717) is 15.6 Å². The SMILES string of the molecule is Cl.N#Cc1ccc(Cc2cncn2Cc2ccc(-c3cc(Cl)ccc3Cl)cc2)cc1. The van der Waals surface area contributed by atoms with Crippen molar-refractivity contribution in [3.63, 3.8) is 0 Å². The van der Waals surface area contributed by atoms with Gasteiger partial charge in [-0.25, -0.2) is 4.98 Å². The van der Waals surface area contributed by atoms with Gasteiger partial charge in [-0.05, 0) is 47.0 Å². The highest BCUT2D eigenvalue weighted by Crippen LogP contribution is 2.30. The lowest BCUT2D eigenvalue weighted by atomic mass is 10.0. The highest BCUT2D eigenvalue weighted by molar-refractivity contribution is 6.35. The summed E-state index contributed by atoms with van der Waals surface area (Å²) in [7, 11) is 0. The molecule has 3 aromatic carbocycles. The number of rotatable bonds is 5. The van der Waals surface area contributed by atoms with Gasteiger partial charge in [-0.2, -0.15) is 5.26 Å². The maximum absolute atomic E-state index is 8.94. The minimum absolute atomic E-state index is 0. The predicted octanol–water partition coefficient (Wildman–Crippen LogP) is 6.79. The van der Waals surface area contributed by atoms with Crippen molar-refractivity contribution in [1.82, 2.24) is 9.55 Å². The zero-order valence-corrected chi connectivity index (χ0v) is 18.3. The fourth-order valence-corrected chi connectivity index (χ4v) is 3.65. The van der Waals surface area contributed by atoms with Crippen molar-refractivity contribution >= 4 is 35.6 Å². The van der Waals surface area contributed by atoms with Gasteiger partial charge >= 0.3 is 0 Å². The minimum Gasteiger partial charge on any atom is -0.330 e. The lowest BCUT2D eigenvalue weighted by Crippen LogP contribution is -2.04. The molecule has 0 saturated heterocycles. The molecular formula is C24H18Cl3N3. The molecule has 0 aliphatic carbocycles. The number of nitrogens with zero attached hydrogens (tertiary/aromatic N) is 3. The third-order valence-electron chi connectivity index (χ3n) is 4.81. The highest BCUT2D eigenvalue weighted by Gasteiger charge is 2.07. The summed E-state index contributed by atoms with van der Waals surface area (Å²) in [6, 6.07) is 23.6. The fourth-order valence-electron chi connectivity index (χ4n) is 3.25. The molecule has 4 rings (SSSR count). The van der Waals surface area contributed by atoms with Crippen LogP contribution in [-0.4, -0.2) is 9.55 Å². The first-order chi connectivity index (χ1) is 14.1. The van der Waals surface area contributed by atoms with E-state index in [-0.39, 0.29) is 12.4 Å². The number of nitriles is 1. The van der Waals surface area contributed by atoms with Crippen LogP contribution in [0.5, 0.6) is 0 Å². The Morgan fingerprint density at radius 3 is 2.30 bits per heavy atom. The Labute approximate surface area is 191 Å². The molecule has 0 spiro atoms. The minimum atomic E-state index is 0. The van der Waals surface area contributed by atoms with E-state index in [0.717, 1.165) is 35.3 Å². The molecule has 1 heterocycles. The Kier molecular flexibility index (Phi) is 7.18. The Bertz CT molecular complexity index is 1170. The van der Waals surface area contributed by atoms with Crippen LogP contribution in [-0.2, 0) is 13.0 Å². The summed E-state index contributed by atoms with van der Waals surface area (Å²) in [4.78, 5) is 4.31. The summed E-state index contributed by atoms with van der Waals surface area (Å²) in [5.41, 5.74) is 6.07. The van der Waals surface area contributed by atoms with Gasteiger partial charge < -0.3 is 4.57 Å². The van der Waals surface area contributed by atoms with Gasteiger partial charge in [0.25, 0.3) is 0 Å². The molecule has 0 fully saturated rings. The number of halogens is 3. The molecule has 3 nitrogen and oxygen atoms in total. The van der Waals surface area contributed by atoms with E-state index in [1.807, 2.05) is 48.9 Å². The average Bonchev–Trinajstić information content (AvgIpc) is 3.17. The zero-order chi connectivity index (χ0) is 20.2. The fraction of sp³-hybridized carbons (Fsp3) is 0.0833. The Morgan fingerprint density at radius 2 is 1.60 bits per heavy atom. The van der Waals surface area contributed by atoms with Crippen molar-refractivity contribution in [2.75, 3.05) is 0 Å². The Hall–Kier alpha value is -2.77.